The van der Waals surface area contributed by atoms with Crippen molar-refractivity contribution in [1.82, 2.24) is 10.3 Å². The average molecular weight is 313 g/mol. The molecule has 23 heavy (non-hydrogen) atoms. The standard InChI is InChI=1S/C18H23N3O2/c1-3-21(16-8-5-4-6-9-16)17-11-10-15(14-20-17)18(22)19-12-7-13-23-2/h4-6,8-11,14H,3,7,12-13H2,1-2H3,(H,19,22). The summed E-state index contributed by atoms with van der Waals surface area (Å²) in [6.45, 7) is 4.12. The van der Waals surface area contributed by atoms with Crippen LogP contribution in [0.25, 0.3) is 0 Å². The first kappa shape index (κ1) is 17.0. The van der Waals surface area contributed by atoms with Gasteiger partial charge in [0.25, 0.3) is 5.91 Å². The van der Waals surface area contributed by atoms with Gasteiger partial charge < -0.3 is 15.0 Å². The van der Waals surface area contributed by atoms with E-state index >= 15 is 0 Å². The predicted octanol–water partition coefficient (Wildman–Crippen LogP) is 3.01. The third-order valence-electron chi connectivity index (χ3n) is 3.48. The third kappa shape index (κ3) is 4.79. The van der Waals surface area contributed by atoms with Gasteiger partial charge in [0.05, 0.1) is 5.56 Å². The molecule has 122 valence electrons. The molecule has 5 heteroatoms. The predicted molar refractivity (Wildman–Crippen MR) is 92.2 cm³/mol. The smallest absolute Gasteiger partial charge is 0.252 e. The van der Waals surface area contributed by atoms with Crippen LogP contribution < -0.4 is 10.2 Å². The summed E-state index contributed by atoms with van der Waals surface area (Å²) in [6, 6.07) is 13.8. The van der Waals surface area contributed by atoms with Crippen molar-refractivity contribution in [3.8, 4) is 0 Å². The highest BCUT2D eigenvalue weighted by molar-refractivity contribution is 5.94. The van der Waals surface area contributed by atoms with Crippen LogP contribution in [-0.4, -0.2) is 37.7 Å². The molecular weight excluding hydrogens is 290 g/mol. The Hall–Kier alpha value is -2.40. The summed E-state index contributed by atoms with van der Waals surface area (Å²) >= 11 is 0. The van der Waals surface area contributed by atoms with Crippen LogP contribution in [0.1, 0.15) is 23.7 Å². The number of methoxy groups -OCH3 is 1. The minimum Gasteiger partial charge on any atom is -0.385 e. The van der Waals surface area contributed by atoms with Crippen LogP contribution in [0, 0.1) is 0 Å². The Labute approximate surface area is 137 Å². The fraction of sp³-hybridized carbons (Fsp3) is 0.333. The van der Waals surface area contributed by atoms with Crippen molar-refractivity contribution in [2.24, 2.45) is 0 Å². The summed E-state index contributed by atoms with van der Waals surface area (Å²) in [6.07, 6.45) is 2.41. The molecule has 1 heterocycles. The number of aromatic nitrogens is 1. The van der Waals surface area contributed by atoms with Gasteiger partial charge in [-0.25, -0.2) is 4.98 Å². The summed E-state index contributed by atoms with van der Waals surface area (Å²) in [4.78, 5) is 18.6. The van der Waals surface area contributed by atoms with Gasteiger partial charge in [-0.3, -0.25) is 4.79 Å². The maximum atomic E-state index is 12.0. The quantitative estimate of drug-likeness (QED) is 0.761. The number of carbonyl (C=O) groups is 1. The Morgan fingerprint density at radius 2 is 2.00 bits per heavy atom. The minimum atomic E-state index is -0.108. The number of para-hydroxylation sites is 1. The summed E-state index contributed by atoms with van der Waals surface area (Å²) in [5.41, 5.74) is 1.65. The van der Waals surface area contributed by atoms with E-state index in [1.807, 2.05) is 36.4 Å². The molecule has 0 bridgehead atoms. The minimum absolute atomic E-state index is 0.108. The lowest BCUT2D eigenvalue weighted by Gasteiger charge is -2.22. The highest BCUT2D eigenvalue weighted by Crippen LogP contribution is 2.22. The molecule has 0 radical (unpaired) electrons. The number of nitrogens with zero attached hydrogens (tertiary/aromatic N) is 2. The number of nitrogens with one attached hydrogen (secondary N) is 1. The average Bonchev–Trinajstić information content (AvgIpc) is 2.61. The fourth-order valence-corrected chi connectivity index (χ4v) is 2.29. The number of rotatable bonds is 8. The van der Waals surface area contributed by atoms with Gasteiger partial charge >= 0.3 is 0 Å². The largest absolute Gasteiger partial charge is 0.385 e. The number of hydrogen-bond donors (Lipinski definition) is 1. The second kappa shape index (κ2) is 8.90. The zero-order valence-electron chi connectivity index (χ0n) is 13.7. The Morgan fingerprint density at radius 1 is 1.22 bits per heavy atom. The van der Waals surface area contributed by atoms with Crippen LogP contribution in [0.3, 0.4) is 0 Å². The van der Waals surface area contributed by atoms with Crippen molar-refractivity contribution in [2.45, 2.75) is 13.3 Å². The molecular formula is C18H23N3O2. The van der Waals surface area contributed by atoms with Crippen LogP contribution in [0.4, 0.5) is 11.5 Å². The van der Waals surface area contributed by atoms with E-state index in [4.69, 9.17) is 4.74 Å². The molecule has 2 rings (SSSR count). The lowest BCUT2D eigenvalue weighted by molar-refractivity contribution is 0.0948. The molecule has 0 unspecified atom stereocenters. The van der Waals surface area contributed by atoms with Gasteiger partial charge in [-0.05, 0) is 37.6 Å². The molecule has 0 fully saturated rings. The lowest BCUT2D eigenvalue weighted by Crippen LogP contribution is -2.25. The maximum Gasteiger partial charge on any atom is 0.252 e. The number of benzene rings is 1. The molecule has 1 aromatic heterocycles. The number of pyridine rings is 1. The van der Waals surface area contributed by atoms with E-state index in [0.717, 1.165) is 24.5 Å². The zero-order valence-corrected chi connectivity index (χ0v) is 13.7. The van der Waals surface area contributed by atoms with E-state index in [0.29, 0.717) is 18.7 Å². The van der Waals surface area contributed by atoms with E-state index in [1.54, 1.807) is 19.4 Å². The second-order valence-electron chi connectivity index (χ2n) is 5.09. The zero-order chi connectivity index (χ0) is 16.5. The van der Waals surface area contributed by atoms with Crippen molar-refractivity contribution in [3.05, 3.63) is 54.2 Å². The summed E-state index contributed by atoms with van der Waals surface area (Å²) < 4.78 is 4.96. The Balaban J connectivity index is 2.02. The molecule has 0 aliphatic heterocycles. The molecule has 5 nitrogen and oxygen atoms in total. The molecule has 1 aromatic carbocycles. The number of amides is 1. The normalized spacial score (nSPS) is 10.3. The van der Waals surface area contributed by atoms with E-state index in [-0.39, 0.29) is 5.91 Å². The van der Waals surface area contributed by atoms with E-state index in [2.05, 4.69) is 22.1 Å². The number of carbonyl (C=O) groups excluding carboxylic acids is 1. The molecule has 0 aliphatic carbocycles. The maximum absolute atomic E-state index is 12.0. The van der Waals surface area contributed by atoms with Crippen LogP contribution in [0.5, 0.6) is 0 Å². The van der Waals surface area contributed by atoms with E-state index in [9.17, 15) is 4.79 Å². The van der Waals surface area contributed by atoms with Crippen molar-refractivity contribution < 1.29 is 9.53 Å². The van der Waals surface area contributed by atoms with Crippen LogP contribution in [0.2, 0.25) is 0 Å². The monoisotopic (exact) mass is 313 g/mol. The molecule has 1 amide bonds. The van der Waals surface area contributed by atoms with Gasteiger partial charge in [-0.2, -0.15) is 0 Å². The van der Waals surface area contributed by atoms with Gasteiger partial charge in [0, 0.05) is 38.7 Å². The van der Waals surface area contributed by atoms with Crippen LogP contribution >= 0.6 is 0 Å². The molecule has 0 saturated heterocycles. The van der Waals surface area contributed by atoms with Crippen molar-refractivity contribution in [3.63, 3.8) is 0 Å². The first-order chi connectivity index (χ1) is 11.3. The molecule has 2 aromatic rings. The summed E-state index contributed by atoms with van der Waals surface area (Å²) in [7, 11) is 1.65. The number of ether oxygens (including phenoxy) is 1. The molecule has 0 spiro atoms. The Bertz CT molecular complexity index is 599. The Kier molecular flexibility index (Phi) is 6.56. The summed E-state index contributed by atoms with van der Waals surface area (Å²) in [5, 5.41) is 2.86. The second-order valence-corrected chi connectivity index (χ2v) is 5.09. The van der Waals surface area contributed by atoms with E-state index in [1.165, 1.54) is 0 Å². The number of anilines is 2. The fourth-order valence-electron chi connectivity index (χ4n) is 2.29. The molecule has 1 N–H and O–H groups in total. The molecule has 0 aliphatic rings. The topological polar surface area (TPSA) is 54.5 Å². The van der Waals surface area contributed by atoms with Crippen molar-refractivity contribution >= 4 is 17.4 Å². The summed E-state index contributed by atoms with van der Waals surface area (Å²) in [5.74, 6) is 0.720. The molecule has 0 atom stereocenters. The van der Waals surface area contributed by atoms with E-state index < -0.39 is 0 Å². The Morgan fingerprint density at radius 3 is 2.61 bits per heavy atom. The van der Waals surface area contributed by atoms with Gasteiger partial charge in [0.15, 0.2) is 0 Å². The van der Waals surface area contributed by atoms with Gasteiger partial charge in [-0.1, -0.05) is 18.2 Å². The first-order valence-corrected chi connectivity index (χ1v) is 7.82. The third-order valence-corrected chi connectivity index (χ3v) is 3.48. The van der Waals surface area contributed by atoms with Gasteiger partial charge in [-0.15, -0.1) is 0 Å². The highest BCUT2D eigenvalue weighted by Gasteiger charge is 2.10. The highest BCUT2D eigenvalue weighted by atomic mass is 16.5. The van der Waals surface area contributed by atoms with Crippen molar-refractivity contribution in [1.29, 1.82) is 0 Å². The first-order valence-electron chi connectivity index (χ1n) is 7.82. The lowest BCUT2D eigenvalue weighted by atomic mass is 10.2. The van der Waals surface area contributed by atoms with Gasteiger partial charge in [0.2, 0.25) is 0 Å². The van der Waals surface area contributed by atoms with Crippen LogP contribution in [0.15, 0.2) is 48.7 Å². The van der Waals surface area contributed by atoms with Crippen molar-refractivity contribution in [2.75, 3.05) is 31.7 Å². The van der Waals surface area contributed by atoms with Crippen LogP contribution in [-0.2, 0) is 4.74 Å². The molecule has 0 saturated carbocycles. The SMILES string of the molecule is CCN(c1ccccc1)c1ccc(C(=O)NCCCOC)cn1. The van der Waals surface area contributed by atoms with Gasteiger partial charge in [0.1, 0.15) is 5.82 Å². The number of hydrogen-bond acceptors (Lipinski definition) is 4.